The van der Waals surface area contributed by atoms with Gasteiger partial charge >= 0.3 is 0 Å². The van der Waals surface area contributed by atoms with Gasteiger partial charge in [-0.15, -0.1) is 0 Å². The summed E-state index contributed by atoms with van der Waals surface area (Å²) < 4.78 is 0. The Hall–Kier alpha value is -0.830. The molecule has 1 aliphatic rings. The van der Waals surface area contributed by atoms with E-state index < -0.39 is 0 Å². The van der Waals surface area contributed by atoms with Crippen molar-refractivity contribution in [2.24, 2.45) is 0 Å². The summed E-state index contributed by atoms with van der Waals surface area (Å²) in [6, 6.07) is 2.45. The van der Waals surface area contributed by atoms with Gasteiger partial charge < -0.3 is 4.90 Å². The SMILES string of the molecule is CN(c1cc(Cl)ncn1)C1CCCC1. The number of hydrogen-bond acceptors (Lipinski definition) is 3. The van der Waals surface area contributed by atoms with Crippen molar-refractivity contribution in [1.82, 2.24) is 9.97 Å². The highest BCUT2D eigenvalue weighted by molar-refractivity contribution is 6.29. The molecule has 14 heavy (non-hydrogen) atoms. The fourth-order valence-corrected chi connectivity index (χ4v) is 2.14. The zero-order valence-corrected chi connectivity index (χ0v) is 9.04. The van der Waals surface area contributed by atoms with E-state index in [1.54, 1.807) is 0 Å². The standard InChI is InChI=1S/C10H14ClN3/c1-14(8-4-2-3-5-8)10-6-9(11)12-7-13-10/h6-8H,2-5H2,1H3. The number of nitrogens with zero attached hydrogens (tertiary/aromatic N) is 3. The average Bonchev–Trinajstić information content (AvgIpc) is 2.69. The first-order valence-electron chi connectivity index (χ1n) is 4.98. The number of anilines is 1. The molecule has 0 bridgehead atoms. The molecule has 0 unspecified atom stereocenters. The molecule has 0 amide bonds. The van der Waals surface area contributed by atoms with Gasteiger partial charge in [0.1, 0.15) is 17.3 Å². The maximum atomic E-state index is 5.82. The summed E-state index contributed by atoms with van der Waals surface area (Å²) in [4.78, 5) is 10.3. The van der Waals surface area contributed by atoms with Gasteiger partial charge in [-0.2, -0.15) is 0 Å². The summed E-state index contributed by atoms with van der Waals surface area (Å²) in [5, 5.41) is 0.514. The Kier molecular flexibility index (Phi) is 2.87. The molecule has 1 aromatic heterocycles. The van der Waals surface area contributed by atoms with Crippen molar-refractivity contribution in [3.63, 3.8) is 0 Å². The maximum Gasteiger partial charge on any atom is 0.134 e. The summed E-state index contributed by atoms with van der Waals surface area (Å²) in [7, 11) is 2.08. The Bertz CT molecular complexity index is 310. The molecule has 1 aromatic rings. The molecule has 1 saturated carbocycles. The van der Waals surface area contributed by atoms with Crippen molar-refractivity contribution in [2.45, 2.75) is 31.7 Å². The largest absolute Gasteiger partial charge is 0.357 e. The van der Waals surface area contributed by atoms with Crippen LogP contribution in [0, 0.1) is 0 Å². The quantitative estimate of drug-likeness (QED) is 0.704. The Morgan fingerprint density at radius 1 is 1.36 bits per heavy atom. The lowest BCUT2D eigenvalue weighted by Crippen LogP contribution is -2.29. The number of rotatable bonds is 2. The van der Waals surface area contributed by atoms with Crippen molar-refractivity contribution in [2.75, 3.05) is 11.9 Å². The van der Waals surface area contributed by atoms with Gasteiger partial charge in [-0.3, -0.25) is 0 Å². The van der Waals surface area contributed by atoms with E-state index in [-0.39, 0.29) is 0 Å². The number of halogens is 1. The van der Waals surface area contributed by atoms with E-state index in [9.17, 15) is 0 Å². The first-order chi connectivity index (χ1) is 6.77. The lowest BCUT2D eigenvalue weighted by Gasteiger charge is -2.25. The van der Waals surface area contributed by atoms with Crippen molar-refractivity contribution in [3.05, 3.63) is 17.5 Å². The molecular formula is C10H14ClN3. The molecule has 1 heterocycles. The normalized spacial score (nSPS) is 17.3. The van der Waals surface area contributed by atoms with Gasteiger partial charge in [0.2, 0.25) is 0 Å². The summed E-state index contributed by atoms with van der Waals surface area (Å²) in [5.41, 5.74) is 0. The van der Waals surface area contributed by atoms with Crippen LogP contribution in [0.1, 0.15) is 25.7 Å². The molecular weight excluding hydrogens is 198 g/mol. The van der Waals surface area contributed by atoms with E-state index in [1.807, 2.05) is 6.07 Å². The van der Waals surface area contributed by atoms with Crippen LogP contribution in [-0.4, -0.2) is 23.1 Å². The van der Waals surface area contributed by atoms with E-state index in [2.05, 4.69) is 21.9 Å². The molecule has 2 rings (SSSR count). The highest BCUT2D eigenvalue weighted by Crippen LogP contribution is 2.26. The van der Waals surface area contributed by atoms with Crippen LogP contribution in [0.2, 0.25) is 5.15 Å². The molecule has 0 spiro atoms. The lowest BCUT2D eigenvalue weighted by atomic mass is 10.2. The Morgan fingerprint density at radius 3 is 2.71 bits per heavy atom. The van der Waals surface area contributed by atoms with Gasteiger partial charge in [-0.05, 0) is 12.8 Å². The Morgan fingerprint density at radius 2 is 2.07 bits per heavy atom. The first-order valence-corrected chi connectivity index (χ1v) is 5.35. The van der Waals surface area contributed by atoms with E-state index in [0.717, 1.165) is 5.82 Å². The molecule has 0 saturated heterocycles. The van der Waals surface area contributed by atoms with Gasteiger partial charge in [0, 0.05) is 19.2 Å². The molecule has 0 atom stereocenters. The van der Waals surface area contributed by atoms with Gasteiger partial charge in [-0.1, -0.05) is 24.4 Å². The van der Waals surface area contributed by atoms with Crippen molar-refractivity contribution < 1.29 is 0 Å². The monoisotopic (exact) mass is 211 g/mol. The second kappa shape index (κ2) is 4.13. The zero-order valence-electron chi connectivity index (χ0n) is 8.28. The summed E-state index contributed by atoms with van der Waals surface area (Å²) >= 11 is 5.82. The molecule has 1 aliphatic carbocycles. The topological polar surface area (TPSA) is 29.0 Å². The third-order valence-electron chi connectivity index (χ3n) is 2.85. The predicted molar refractivity (Wildman–Crippen MR) is 57.7 cm³/mol. The lowest BCUT2D eigenvalue weighted by molar-refractivity contribution is 0.645. The highest BCUT2D eigenvalue weighted by Gasteiger charge is 2.20. The third-order valence-corrected chi connectivity index (χ3v) is 3.06. The summed E-state index contributed by atoms with van der Waals surface area (Å²) in [6.45, 7) is 0. The van der Waals surface area contributed by atoms with Crippen LogP contribution >= 0.6 is 11.6 Å². The molecule has 0 radical (unpaired) electrons. The van der Waals surface area contributed by atoms with Crippen LogP contribution in [-0.2, 0) is 0 Å². The van der Waals surface area contributed by atoms with Gasteiger partial charge in [0.15, 0.2) is 0 Å². The molecule has 0 N–H and O–H groups in total. The number of aromatic nitrogens is 2. The van der Waals surface area contributed by atoms with Crippen LogP contribution in [0.15, 0.2) is 12.4 Å². The second-order valence-electron chi connectivity index (χ2n) is 3.75. The smallest absolute Gasteiger partial charge is 0.134 e. The average molecular weight is 212 g/mol. The van der Waals surface area contributed by atoms with Crippen molar-refractivity contribution >= 4 is 17.4 Å². The summed E-state index contributed by atoms with van der Waals surface area (Å²) in [6.07, 6.45) is 6.70. The molecule has 0 aliphatic heterocycles. The molecule has 1 fully saturated rings. The predicted octanol–water partition coefficient (Wildman–Crippen LogP) is 2.51. The maximum absolute atomic E-state index is 5.82. The van der Waals surface area contributed by atoms with Crippen LogP contribution in [0.5, 0.6) is 0 Å². The van der Waals surface area contributed by atoms with Crippen molar-refractivity contribution in [3.8, 4) is 0 Å². The van der Waals surface area contributed by atoms with E-state index in [0.29, 0.717) is 11.2 Å². The van der Waals surface area contributed by atoms with Gasteiger partial charge in [0.25, 0.3) is 0 Å². The molecule has 4 heteroatoms. The van der Waals surface area contributed by atoms with Crippen LogP contribution < -0.4 is 4.90 Å². The molecule has 3 nitrogen and oxygen atoms in total. The van der Waals surface area contributed by atoms with Gasteiger partial charge in [0.05, 0.1) is 0 Å². The summed E-state index contributed by atoms with van der Waals surface area (Å²) in [5.74, 6) is 0.928. The fourth-order valence-electron chi connectivity index (χ4n) is 2.00. The second-order valence-corrected chi connectivity index (χ2v) is 4.14. The van der Waals surface area contributed by atoms with Crippen LogP contribution in [0.4, 0.5) is 5.82 Å². The van der Waals surface area contributed by atoms with Crippen LogP contribution in [0.3, 0.4) is 0 Å². The van der Waals surface area contributed by atoms with Gasteiger partial charge in [-0.25, -0.2) is 9.97 Å². The van der Waals surface area contributed by atoms with E-state index >= 15 is 0 Å². The first kappa shape index (κ1) is 9.71. The Balaban J connectivity index is 2.13. The molecule has 0 aromatic carbocycles. The Labute approximate surface area is 89.1 Å². The van der Waals surface area contributed by atoms with E-state index in [1.165, 1.54) is 32.0 Å². The third kappa shape index (κ3) is 1.98. The fraction of sp³-hybridized carbons (Fsp3) is 0.600. The van der Waals surface area contributed by atoms with Crippen molar-refractivity contribution in [1.29, 1.82) is 0 Å². The molecule has 76 valence electrons. The zero-order chi connectivity index (χ0) is 9.97. The highest BCUT2D eigenvalue weighted by atomic mass is 35.5. The minimum Gasteiger partial charge on any atom is -0.357 e. The minimum atomic E-state index is 0.514. The van der Waals surface area contributed by atoms with E-state index in [4.69, 9.17) is 11.6 Å². The van der Waals surface area contributed by atoms with Crippen LogP contribution in [0.25, 0.3) is 0 Å². The number of hydrogen-bond donors (Lipinski definition) is 0. The minimum absolute atomic E-state index is 0.514.